The van der Waals surface area contributed by atoms with E-state index < -0.39 is 0 Å². The van der Waals surface area contributed by atoms with E-state index in [2.05, 4.69) is 18.9 Å². The number of hydrogen-bond donors (Lipinski definition) is 0. The lowest BCUT2D eigenvalue weighted by Crippen LogP contribution is -2.45. The number of ketones is 1. The SMILES string of the molecule is CC1CCC(N(C)C2CCCCCC2=O)CC1. The van der Waals surface area contributed by atoms with Crippen LogP contribution < -0.4 is 0 Å². The Balaban J connectivity index is 1.93. The van der Waals surface area contributed by atoms with Crippen LogP contribution in [0.5, 0.6) is 0 Å². The molecule has 0 bridgehead atoms. The van der Waals surface area contributed by atoms with Gasteiger partial charge in [-0.3, -0.25) is 9.69 Å². The van der Waals surface area contributed by atoms with Crippen molar-refractivity contribution in [1.82, 2.24) is 4.90 Å². The highest BCUT2D eigenvalue weighted by atomic mass is 16.1. The number of hydrogen-bond acceptors (Lipinski definition) is 2. The molecule has 2 aliphatic rings. The minimum absolute atomic E-state index is 0.232. The Morgan fingerprint density at radius 3 is 2.41 bits per heavy atom. The predicted octanol–water partition coefficient (Wildman–Crippen LogP) is 3.40. The van der Waals surface area contributed by atoms with E-state index in [4.69, 9.17) is 0 Å². The molecule has 1 unspecified atom stereocenters. The molecule has 2 rings (SSSR count). The van der Waals surface area contributed by atoms with E-state index in [9.17, 15) is 4.79 Å². The Morgan fingerprint density at radius 1 is 1.00 bits per heavy atom. The molecule has 0 aromatic heterocycles. The summed E-state index contributed by atoms with van der Waals surface area (Å²) in [6.45, 7) is 2.35. The Labute approximate surface area is 106 Å². The first kappa shape index (κ1) is 13.1. The lowest BCUT2D eigenvalue weighted by molar-refractivity contribution is -0.124. The average molecular weight is 237 g/mol. The van der Waals surface area contributed by atoms with E-state index in [1.165, 1.54) is 38.5 Å². The summed E-state index contributed by atoms with van der Waals surface area (Å²) in [5.74, 6) is 1.40. The molecule has 0 spiro atoms. The van der Waals surface area contributed by atoms with Gasteiger partial charge in [-0.25, -0.2) is 0 Å². The van der Waals surface area contributed by atoms with Crippen LogP contribution in [0.1, 0.15) is 64.7 Å². The van der Waals surface area contributed by atoms with E-state index in [0.717, 1.165) is 25.2 Å². The van der Waals surface area contributed by atoms with Gasteiger partial charge in [0, 0.05) is 12.5 Å². The van der Waals surface area contributed by atoms with Gasteiger partial charge in [-0.05, 0) is 51.5 Å². The molecule has 0 amide bonds. The molecule has 2 saturated carbocycles. The molecule has 0 aromatic rings. The van der Waals surface area contributed by atoms with Crippen LogP contribution in [0, 0.1) is 5.92 Å². The second kappa shape index (κ2) is 5.99. The third-order valence-corrected chi connectivity index (χ3v) is 4.83. The van der Waals surface area contributed by atoms with Gasteiger partial charge in [-0.2, -0.15) is 0 Å². The van der Waals surface area contributed by atoms with Crippen molar-refractivity contribution in [3.05, 3.63) is 0 Å². The van der Waals surface area contributed by atoms with E-state index in [-0.39, 0.29) is 6.04 Å². The number of carbonyl (C=O) groups is 1. The normalized spacial score (nSPS) is 35.9. The Morgan fingerprint density at radius 2 is 1.71 bits per heavy atom. The lowest BCUT2D eigenvalue weighted by atomic mass is 9.86. The molecule has 0 radical (unpaired) electrons. The molecule has 17 heavy (non-hydrogen) atoms. The number of rotatable bonds is 2. The van der Waals surface area contributed by atoms with Crippen LogP contribution in [0.2, 0.25) is 0 Å². The third kappa shape index (κ3) is 3.31. The highest BCUT2D eigenvalue weighted by Crippen LogP contribution is 2.29. The summed E-state index contributed by atoms with van der Waals surface area (Å²) >= 11 is 0. The number of likely N-dealkylation sites (N-methyl/N-ethyl adjacent to an activating group) is 1. The predicted molar refractivity (Wildman–Crippen MR) is 71.1 cm³/mol. The van der Waals surface area contributed by atoms with Gasteiger partial charge >= 0.3 is 0 Å². The van der Waals surface area contributed by atoms with Gasteiger partial charge in [0.2, 0.25) is 0 Å². The van der Waals surface area contributed by atoms with Gasteiger partial charge in [-0.1, -0.05) is 19.8 Å². The van der Waals surface area contributed by atoms with Crippen molar-refractivity contribution < 1.29 is 4.79 Å². The van der Waals surface area contributed by atoms with E-state index in [0.29, 0.717) is 11.8 Å². The van der Waals surface area contributed by atoms with Crippen molar-refractivity contribution in [3.63, 3.8) is 0 Å². The molecular formula is C15H27NO. The molecule has 2 aliphatic carbocycles. The van der Waals surface area contributed by atoms with E-state index >= 15 is 0 Å². The average Bonchev–Trinajstić information content (AvgIpc) is 2.54. The Bertz CT molecular complexity index is 256. The smallest absolute Gasteiger partial charge is 0.149 e. The third-order valence-electron chi connectivity index (χ3n) is 4.83. The van der Waals surface area contributed by atoms with Gasteiger partial charge in [0.1, 0.15) is 5.78 Å². The zero-order valence-corrected chi connectivity index (χ0v) is 11.5. The Hall–Kier alpha value is -0.370. The standard InChI is InChI=1S/C15H27NO/c1-12-8-10-13(11-9-12)16(2)14-6-4-3-5-7-15(14)17/h12-14H,3-11H2,1-2H3. The lowest BCUT2D eigenvalue weighted by Gasteiger charge is -2.37. The summed E-state index contributed by atoms with van der Waals surface area (Å²) in [6.07, 6.45) is 10.8. The van der Waals surface area contributed by atoms with Gasteiger partial charge < -0.3 is 0 Å². The monoisotopic (exact) mass is 237 g/mol. The largest absolute Gasteiger partial charge is 0.298 e. The van der Waals surface area contributed by atoms with Gasteiger partial charge in [-0.15, -0.1) is 0 Å². The van der Waals surface area contributed by atoms with Crippen LogP contribution in [0.15, 0.2) is 0 Å². The van der Waals surface area contributed by atoms with Crippen LogP contribution >= 0.6 is 0 Å². The fourth-order valence-corrected chi connectivity index (χ4v) is 3.48. The van der Waals surface area contributed by atoms with Crippen molar-refractivity contribution in [1.29, 1.82) is 0 Å². The first-order valence-corrected chi connectivity index (χ1v) is 7.43. The highest BCUT2D eigenvalue weighted by Gasteiger charge is 2.30. The minimum Gasteiger partial charge on any atom is -0.298 e. The second-order valence-corrected chi connectivity index (χ2v) is 6.16. The van der Waals surface area contributed by atoms with Crippen LogP contribution in [0.25, 0.3) is 0 Å². The fraction of sp³-hybridized carbons (Fsp3) is 0.933. The summed E-state index contributed by atoms with van der Waals surface area (Å²) in [6, 6.07) is 0.897. The fourth-order valence-electron chi connectivity index (χ4n) is 3.48. The molecule has 1 atom stereocenters. The summed E-state index contributed by atoms with van der Waals surface area (Å²) in [7, 11) is 2.19. The van der Waals surface area contributed by atoms with Crippen LogP contribution in [0.3, 0.4) is 0 Å². The summed E-state index contributed by atoms with van der Waals surface area (Å²) in [5, 5.41) is 0. The molecule has 0 heterocycles. The summed E-state index contributed by atoms with van der Waals surface area (Å²) < 4.78 is 0. The first-order valence-electron chi connectivity index (χ1n) is 7.43. The van der Waals surface area contributed by atoms with Gasteiger partial charge in [0.05, 0.1) is 6.04 Å². The van der Waals surface area contributed by atoms with E-state index in [1.807, 2.05) is 0 Å². The number of Topliss-reactive ketones (excluding diaryl/α,β-unsaturated/α-hetero) is 1. The molecule has 0 aliphatic heterocycles. The summed E-state index contributed by atoms with van der Waals surface area (Å²) in [5.41, 5.74) is 0. The molecule has 0 aromatic carbocycles. The molecular weight excluding hydrogens is 210 g/mol. The Kier molecular flexibility index (Phi) is 4.61. The first-order chi connectivity index (χ1) is 8.18. The number of nitrogens with zero attached hydrogens (tertiary/aromatic N) is 1. The second-order valence-electron chi connectivity index (χ2n) is 6.16. The van der Waals surface area contributed by atoms with Gasteiger partial charge in [0.15, 0.2) is 0 Å². The van der Waals surface area contributed by atoms with Crippen LogP contribution in [-0.2, 0) is 4.79 Å². The molecule has 2 heteroatoms. The highest BCUT2D eigenvalue weighted by molar-refractivity contribution is 5.84. The van der Waals surface area contributed by atoms with Crippen LogP contribution in [-0.4, -0.2) is 29.8 Å². The number of carbonyl (C=O) groups excluding carboxylic acids is 1. The topological polar surface area (TPSA) is 20.3 Å². The van der Waals surface area contributed by atoms with Crippen molar-refractivity contribution in [2.24, 2.45) is 5.92 Å². The van der Waals surface area contributed by atoms with Crippen molar-refractivity contribution in [2.75, 3.05) is 7.05 Å². The zero-order valence-electron chi connectivity index (χ0n) is 11.5. The molecule has 98 valence electrons. The molecule has 0 saturated heterocycles. The maximum Gasteiger partial charge on any atom is 0.149 e. The van der Waals surface area contributed by atoms with Crippen molar-refractivity contribution >= 4 is 5.78 Å². The van der Waals surface area contributed by atoms with Crippen molar-refractivity contribution in [3.8, 4) is 0 Å². The maximum absolute atomic E-state index is 12.1. The minimum atomic E-state index is 0.232. The molecule has 0 N–H and O–H groups in total. The van der Waals surface area contributed by atoms with Crippen LogP contribution in [0.4, 0.5) is 0 Å². The van der Waals surface area contributed by atoms with Gasteiger partial charge in [0.25, 0.3) is 0 Å². The van der Waals surface area contributed by atoms with Crippen molar-refractivity contribution in [2.45, 2.75) is 76.8 Å². The molecule has 2 fully saturated rings. The summed E-state index contributed by atoms with van der Waals surface area (Å²) in [4.78, 5) is 14.5. The van der Waals surface area contributed by atoms with E-state index in [1.54, 1.807) is 0 Å². The quantitative estimate of drug-likeness (QED) is 0.686. The maximum atomic E-state index is 12.1. The molecule has 2 nitrogen and oxygen atoms in total. The zero-order chi connectivity index (χ0) is 12.3.